The zero-order valence-electron chi connectivity index (χ0n) is 10.6. The molecule has 0 amide bonds. The Morgan fingerprint density at radius 1 is 1.47 bits per heavy atom. The normalized spacial score (nSPS) is 11.4. The van der Waals surface area contributed by atoms with E-state index in [1.54, 1.807) is 11.8 Å². The molecule has 98 valence electrons. The molecule has 1 aromatic rings. The average molecular weight is 262 g/mol. The first-order valence-corrected chi connectivity index (χ1v) is 5.98. The Labute approximate surface area is 107 Å². The van der Waals surface area contributed by atoms with Crippen molar-refractivity contribution in [1.82, 2.24) is 14.7 Å². The van der Waals surface area contributed by atoms with Crippen LogP contribution in [0.15, 0.2) is 0 Å². The molecule has 6 heteroatoms. The maximum absolute atomic E-state index is 9.02. The van der Waals surface area contributed by atoms with Gasteiger partial charge in [-0.1, -0.05) is 11.6 Å². The molecule has 0 bridgehead atoms. The van der Waals surface area contributed by atoms with Gasteiger partial charge in [0.05, 0.1) is 29.6 Å². The second-order valence-electron chi connectivity index (χ2n) is 3.96. The van der Waals surface area contributed by atoms with Gasteiger partial charge >= 0.3 is 0 Å². The number of hydrogen-bond acceptors (Lipinski definition) is 4. The van der Waals surface area contributed by atoms with E-state index < -0.39 is 0 Å². The van der Waals surface area contributed by atoms with Crippen LogP contribution in [0.25, 0.3) is 0 Å². The molecule has 0 unspecified atom stereocenters. The summed E-state index contributed by atoms with van der Waals surface area (Å²) in [5, 5.41) is 14.0. The van der Waals surface area contributed by atoms with Crippen molar-refractivity contribution in [1.29, 1.82) is 0 Å². The largest absolute Gasteiger partial charge is 0.395 e. The lowest BCUT2D eigenvalue weighted by Crippen LogP contribution is -2.30. The van der Waals surface area contributed by atoms with E-state index in [9.17, 15) is 0 Å². The number of aromatic nitrogens is 2. The maximum Gasteiger partial charge on any atom is 0.0860 e. The minimum absolute atomic E-state index is 0.123. The fourth-order valence-corrected chi connectivity index (χ4v) is 1.92. The van der Waals surface area contributed by atoms with E-state index in [1.807, 2.05) is 14.0 Å². The van der Waals surface area contributed by atoms with Crippen molar-refractivity contribution in [3.8, 4) is 0 Å². The average Bonchev–Trinajstić information content (AvgIpc) is 2.53. The molecule has 0 fully saturated rings. The number of hydrogen-bond donors (Lipinski definition) is 1. The standard InChI is InChI=1S/C11H20ClN3O2/c1-9-11(12)10(14(2)13-9)8-15(4-6-16)5-7-17-3/h16H,4-8H2,1-3H3. The van der Waals surface area contributed by atoms with E-state index >= 15 is 0 Å². The van der Waals surface area contributed by atoms with Crippen LogP contribution in [0.4, 0.5) is 0 Å². The lowest BCUT2D eigenvalue weighted by Gasteiger charge is -2.20. The Bertz CT molecular complexity index is 355. The van der Waals surface area contributed by atoms with Crippen LogP contribution >= 0.6 is 11.6 Å². The van der Waals surface area contributed by atoms with Crippen molar-refractivity contribution in [3.63, 3.8) is 0 Å². The molecule has 0 aliphatic carbocycles. The van der Waals surface area contributed by atoms with Crippen LogP contribution in [-0.2, 0) is 18.3 Å². The van der Waals surface area contributed by atoms with Crippen LogP contribution in [0.5, 0.6) is 0 Å². The Kier molecular flexibility index (Phi) is 5.91. The monoisotopic (exact) mass is 261 g/mol. The molecule has 0 aliphatic heterocycles. The molecular formula is C11H20ClN3O2. The molecule has 0 saturated carbocycles. The van der Waals surface area contributed by atoms with Crippen molar-refractivity contribution < 1.29 is 9.84 Å². The van der Waals surface area contributed by atoms with E-state index in [-0.39, 0.29) is 6.61 Å². The fraction of sp³-hybridized carbons (Fsp3) is 0.727. The highest BCUT2D eigenvalue weighted by Crippen LogP contribution is 2.20. The first-order chi connectivity index (χ1) is 8.10. The molecule has 1 N–H and O–H groups in total. The van der Waals surface area contributed by atoms with Gasteiger partial charge in [0.2, 0.25) is 0 Å². The first kappa shape index (κ1) is 14.4. The van der Waals surface area contributed by atoms with Gasteiger partial charge in [0, 0.05) is 33.8 Å². The lowest BCUT2D eigenvalue weighted by atomic mass is 10.3. The van der Waals surface area contributed by atoms with E-state index in [0.717, 1.165) is 17.9 Å². The minimum atomic E-state index is 0.123. The first-order valence-electron chi connectivity index (χ1n) is 5.60. The van der Waals surface area contributed by atoms with Crippen LogP contribution in [-0.4, -0.2) is 53.2 Å². The summed E-state index contributed by atoms with van der Waals surface area (Å²) < 4.78 is 6.83. The van der Waals surface area contributed by atoms with Crippen LogP contribution in [0.1, 0.15) is 11.4 Å². The van der Waals surface area contributed by atoms with E-state index in [2.05, 4.69) is 10.00 Å². The number of nitrogens with zero attached hydrogens (tertiary/aromatic N) is 3. The number of aryl methyl sites for hydroxylation is 2. The lowest BCUT2D eigenvalue weighted by molar-refractivity contribution is 0.125. The van der Waals surface area contributed by atoms with Gasteiger partial charge in [0.1, 0.15) is 0 Å². The Hall–Kier alpha value is -0.620. The molecule has 0 radical (unpaired) electrons. The van der Waals surface area contributed by atoms with Crippen LogP contribution in [0.2, 0.25) is 5.02 Å². The highest BCUT2D eigenvalue weighted by Gasteiger charge is 2.14. The quantitative estimate of drug-likeness (QED) is 0.790. The highest BCUT2D eigenvalue weighted by molar-refractivity contribution is 6.31. The number of methoxy groups -OCH3 is 1. The maximum atomic E-state index is 9.02. The van der Waals surface area contributed by atoms with Crippen LogP contribution in [0.3, 0.4) is 0 Å². The molecule has 1 aromatic heterocycles. The van der Waals surface area contributed by atoms with Crippen molar-refractivity contribution >= 4 is 11.6 Å². The number of aliphatic hydroxyl groups excluding tert-OH is 1. The number of ether oxygens (including phenoxy) is 1. The number of rotatable bonds is 7. The SMILES string of the molecule is COCCN(CCO)Cc1c(Cl)c(C)nn1C. The molecule has 0 atom stereocenters. The summed E-state index contributed by atoms with van der Waals surface area (Å²) in [5.74, 6) is 0. The molecule has 0 saturated heterocycles. The van der Waals surface area contributed by atoms with Gasteiger partial charge in [-0.25, -0.2) is 0 Å². The molecule has 5 nitrogen and oxygen atoms in total. The smallest absolute Gasteiger partial charge is 0.0860 e. The Morgan fingerprint density at radius 2 is 2.18 bits per heavy atom. The molecule has 0 aliphatic rings. The predicted octanol–water partition coefficient (Wildman–Crippen LogP) is 0.823. The van der Waals surface area contributed by atoms with Crippen LogP contribution in [0, 0.1) is 6.92 Å². The van der Waals surface area contributed by atoms with Gasteiger partial charge in [-0.05, 0) is 6.92 Å². The summed E-state index contributed by atoms with van der Waals surface area (Å²) in [6, 6.07) is 0. The zero-order valence-corrected chi connectivity index (χ0v) is 11.4. The minimum Gasteiger partial charge on any atom is -0.395 e. The Morgan fingerprint density at radius 3 is 2.65 bits per heavy atom. The summed E-state index contributed by atoms with van der Waals surface area (Å²) in [7, 11) is 3.54. The summed E-state index contributed by atoms with van der Waals surface area (Å²) in [6.07, 6.45) is 0. The summed E-state index contributed by atoms with van der Waals surface area (Å²) in [6.45, 7) is 4.67. The van der Waals surface area contributed by atoms with Gasteiger partial charge in [0.25, 0.3) is 0 Å². The molecule has 0 aromatic carbocycles. The second-order valence-corrected chi connectivity index (χ2v) is 4.34. The zero-order chi connectivity index (χ0) is 12.8. The van der Waals surface area contributed by atoms with Gasteiger partial charge in [-0.15, -0.1) is 0 Å². The van der Waals surface area contributed by atoms with E-state index in [0.29, 0.717) is 24.7 Å². The Balaban J connectivity index is 2.70. The van der Waals surface area contributed by atoms with Crippen molar-refractivity contribution in [2.75, 3.05) is 33.4 Å². The molecule has 1 rings (SSSR count). The van der Waals surface area contributed by atoms with Crippen LogP contribution < -0.4 is 0 Å². The third kappa shape index (κ3) is 3.96. The summed E-state index contributed by atoms with van der Waals surface area (Å²) in [4.78, 5) is 2.09. The van der Waals surface area contributed by atoms with E-state index in [1.165, 1.54) is 0 Å². The topological polar surface area (TPSA) is 50.5 Å². The van der Waals surface area contributed by atoms with Gasteiger partial charge < -0.3 is 9.84 Å². The van der Waals surface area contributed by atoms with Crippen molar-refractivity contribution in [2.24, 2.45) is 7.05 Å². The molecule has 0 spiro atoms. The molecular weight excluding hydrogens is 242 g/mol. The molecule has 17 heavy (non-hydrogen) atoms. The van der Waals surface area contributed by atoms with Gasteiger partial charge in [-0.2, -0.15) is 5.10 Å². The number of halogens is 1. The number of aliphatic hydroxyl groups is 1. The fourth-order valence-electron chi connectivity index (χ4n) is 1.70. The van der Waals surface area contributed by atoms with Gasteiger partial charge in [0.15, 0.2) is 0 Å². The highest BCUT2D eigenvalue weighted by atomic mass is 35.5. The second kappa shape index (κ2) is 6.96. The third-order valence-electron chi connectivity index (χ3n) is 2.66. The molecule has 1 heterocycles. The summed E-state index contributed by atoms with van der Waals surface area (Å²) in [5.41, 5.74) is 1.80. The van der Waals surface area contributed by atoms with E-state index in [4.69, 9.17) is 21.4 Å². The third-order valence-corrected chi connectivity index (χ3v) is 3.15. The van der Waals surface area contributed by atoms with Crippen molar-refractivity contribution in [2.45, 2.75) is 13.5 Å². The predicted molar refractivity (Wildman–Crippen MR) is 67.2 cm³/mol. The summed E-state index contributed by atoms with van der Waals surface area (Å²) >= 11 is 6.19. The van der Waals surface area contributed by atoms with Gasteiger partial charge in [-0.3, -0.25) is 9.58 Å². The van der Waals surface area contributed by atoms with Crippen molar-refractivity contribution in [3.05, 3.63) is 16.4 Å².